The van der Waals surface area contributed by atoms with Crippen molar-refractivity contribution in [3.05, 3.63) is 48.2 Å². The minimum Gasteiger partial charge on any atom is -0.378 e. The number of carbonyl (C=O) groups is 1. The number of aromatic amines is 1. The number of nitrogens with zero attached hydrogens (tertiary/aromatic N) is 4. The molecule has 2 N–H and O–H groups in total. The van der Waals surface area contributed by atoms with Crippen molar-refractivity contribution in [1.29, 1.82) is 0 Å². The Labute approximate surface area is 182 Å². The van der Waals surface area contributed by atoms with E-state index in [1.807, 2.05) is 58.3 Å². The van der Waals surface area contributed by atoms with Crippen LogP contribution < -0.4 is 10.2 Å². The molecule has 3 aromatic rings. The Morgan fingerprint density at radius 1 is 1.23 bits per heavy atom. The third-order valence-corrected chi connectivity index (χ3v) is 5.04. The lowest BCUT2D eigenvalue weighted by Crippen LogP contribution is -2.41. The molecule has 31 heavy (non-hydrogen) atoms. The highest BCUT2D eigenvalue weighted by Gasteiger charge is 2.22. The molecule has 0 saturated carbocycles. The molecule has 0 radical (unpaired) electrons. The van der Waals surface area contributed by atoms with E-state index in [4.69, 9.17) is 4.74 Å². The quantitative estimate of drug-likeness (QED) is 0.673. The molecule has 1 amide bonds. The van der Waals surface area contributed by atoms with Gasteiger partial charge >= 0.3 is 0 Å². The number of aromatic nitrogens is 4. The molecule has 8 nitrogen and oxygen atoms in total. The van der Waals surface area contributed by atoms with E-state index in [1.165, 1.54) is 0 Å². The molecule has 0 aromatic carbocycles. The second-order valence-electron chi connectivity index (χ2n) is 8.69. The number of pyridine rings is 2. The van der Waals surface area contributed by atoms with Crippen molar-refractivity contribution in [3.63, 3.8) is 0 Å². The Morgan fingerprint density at radius 3 is 2.68 bits per heavy atom. The number of ether oxygens (including phenoxy) is 1. The second kappa shape index (κ2) is 8.47. The molecule has 1 saturated heterocycles. The highest BCUT2D eigenvalue weighted by atomic mass is 16.5. The van der Waals surface area contributed by atoms with Gasteiger partial charge in [-0.15, -0.1) is 0 Å². The van der Waals surface area contributed by atoms with Crippen LogP contribution in [0.3, 0.4) is 0 Å². The number of amides is 1. The molecule has 0 aliphatic carbocycles. The van der Waals surface area contributed by atoms with Crippen molar-refractivity contribution < 1.29 is 9.53 Å². The van der Waals surface area contributed by atoms with Gasteiger partial charge in [0.15, 0.2) is 5.82 Å². The Bertz CT molecular complexity index is 1070. The number of hydrogen-bond donors (Lipinski definition) is 2. The molecular formula is C23H28N6O2. The highest BCUT2D eigenvalue weighted by Crippen LogP contribution is 2.33. The first kappa shape index (κ1) is 21.0. The Morgan fingerprint density at radius 2 is 2.00 bits per heavy atom. The van der Waals surface area contributed by atoms with E-state index in [-0.39, 0.29) is 11.4 Å². The van der Waals surface area contributed by atoms with E-state index in [0.29, 0.717) is 36.1 Å². The van der Waals surface area contributed by atoms with Crippen LogP contribution in [0.4, 0.5) is 5.69 Å². The smallest absolute Gasteiger partial charge is 0.272 e. The number of H-pyrrole nitrogens is 1. The lowest BCUT2D eigenvalue weighted by atomic mass is 10.0. The topological polar surface area (TPSA) is 96.0 Å². The van der Waals surface area contributed by atoms with Gasteiger partial charge in [0.05, 0.1) is 25.1 Å². The van der Waals surface area contributed by atoms with Gasteiger partial charge in [-0.3, -0.25) is 14.8 Å². The Hall–Kier alpha value is -3.26. The number of nitrogens with one attached hydrogen (secondary N) is 2. The van der Waals surface area contributed by atoms with E-state index in [2.05, 4.69) is 30.2 Å². The van der Waals surface area contributed by atoms with Crippen LogP contribution in [0.5, 0.6) is 0 Å². The third kappa shape index (κ3) is 4.74. The average molecular weight is 421 g/mol. The zero-order valence-corrected chi connectivity index (χ0v) is 18.4. The maximum absolute atomic E-state index is 12.6. The molecule has 0 unspecified atom stereocenters. The van der Waals surface area contributed by atoms with Crippen LogP contribution in [0.1, 0.15) is 37.0 Å². The molecule has 1 aliphatic heterocycles. The van der Waals surface area contributed by atoms with Gasteiger partial charge < -0.3 is 19.9 Å². The summed E-state index contributed by atoms with van der Waals surface area (Å²) in [4.78, 5) is 31.6. The predicted molar refractivity (Wildman–Crippen MR) is 120 cm³/mol. The van der Waals surface area contributed by atoms with Crippen molar-refractivity contribution >= 4 is 11.6 Å². The van der Waals surface area contributed by atoms with Gasteiger partial charge in [0.25, 0.3) is 5.91 Å². The van der Waals surface area contributed by atoms with E-state index < -0.39 is 0 Å². The number of hydrogen-bond acceptors (Lipinski definition) is 6. The molecular weight excluding hydrogens is 392 g/mol. The normalized spacial score (nSPS) is 14.5. The zero-order chi connectivity index (χ0) is 22.0. The lowest BCUT2D eigenvalue weighted by Gasteiger charge is -2.30. The fraction of sp³-hybridized carbons (Fsp3) is 0.391. The molecule has 0 bridgehead atoms. The van der Waals surface area contributed by atoms with Crippen molar-refractivity contribution in [2.75, 3.05) is 31.2 Å². The number of anilines is 1. The van der Waals surface area contributed by atoms with E-state index in [9.17, 15) is 4.79 Å². The van der Waals surface area contributed by atoms with Gasteiger partial charge in [0.1, 0.15) is 11.4 Å². The van der Waals surface area contributed by atoms with Crippen LogP contribution in [0.15, 0.2) is 36.8 Å². The summed E-state index contributed by atoms with van der Waals surface area (Å²) in [6.07, 6.45) is 5.48. The number of morpholine rings is 1. The van der Waals surface area contributed by atoms with Gasteiger partial charge in [-0.05, 0) is 39.8 Å². The summed E-state index contributed by atoms with van der Waals surface area (Å²) in [6.45, 7) is 10.7. The summed E-state index contributed by atoms with van der Waals surface area (Å²) in [7, 11) is 0. The third-order valence-electron chi connectivity index (χ3n) is 5.04. The van der Waals surface area contributed by atoms with Crippen LogP contribution in [-0.4, -0.2) is 57.7 Å². The van der Waals surface area contributed by atoms with Gasteiger partial charge in [0, 0.05) is 47.8 Å². The van der Waals surface area contributed by atoms with E-state index in [0.717, 1.165) is 29.9 Å². The summed E-state index contributed by atoms with van der Waals surface area (Å²) < 4.78 is 5.51. The minimum absolute atomic E-state index is 0.204. The van der Waals surface area contributed by atoms with E-state index >= 15 is 0 Å². The molecule has 0 spiro atoms. The molecule has 8 heteroatoms. The monoisotopic (exact) mass is 420 g/mol. The standard InChI is InChI=1S/C23H28N6O2/c1-15-20(22(30)28-23(2,3)4)27-21(26-15)18-12-17(16-6-5-7-24-13-16)19(14-25-18)29-8-10-31-11-9-29/h5-7,12-14H,8-11H2,1-4H3,(H,26,27)(H,28,30). The summed E-state index contributed by atoms with van der Waals surface area (Å²) in [5.41, 5.74) is 4.48. The molecule has 162 valence electrons. The van der Waals surface area contributed by atoms with Crippen LogP contribution in [0, 0.1) is 6.92 Å². The second-order valence-corrected chi connectivity index (χ2v) is 8.69. The van der Waals surface area contributed by atoms with Crippen molar-refractivity contribution in [2.45, 2.75) is 33.2 Å². The van der Waals surface area contributed by atoms with Crippen LogP contribution in [0.2, 0.25) is 0 Å². The van der Waals surface area contributed by atoms with Crippen molar-refractivity contribution in [2.24, 2.45) is 0 Å². The Kier molecular flexibility index (Phi) is 5.73. The number of aryl methyl sites for hydroxylation is 1. The lowest BCUT2D eigenvalue weighted by molar-refractivity contribution is 0.0914. The van der Waals surface area contributed by atoms with Crippen molar-refractivity contribution in [3.8, 4) is 22.6 Å². The summed E-state index contributed by atoms with van der Waals surface area (Å²) in [6, 6.07) is 5.96. The molecule has 0 atom stereocenters. The van der Waals surface area contributed by atoms with Crippen LogP contribution in [0.25, 0.3) is 22.6 Å². The molecule has 4 rings (SSSR count). The first-order valence-corrected chi connectivity index (χ1v) is 10.4. The van der Waals surface area contributed by atoms with Crippen molar-refractivity contribution in [1.82, 2.24) is 25.3 Å². The maximum atomic E-state index is 12.6. The summed E-state index contributed by atoms with van der Waals surface area (Å²) in [5, 5.41) is 2.96. The SMILES string of the molecule is Cc1[nH]c(-c2cc(-c3cccnc3)c(N3CCOCC3)cn2)nc1C(=O)NC(C)(C)C. The fourth-order valence-electron chi connectivity index (χ4n) is 3.59. The van der Waals surface area contributed by atoms with Gasteiger partial charge in [0.2, 0.25) is 0 Å². The molecule has 1 fully saturated rings. The average Bonchev–Trinajstić information content (AvgIpc) is 3.15. The molecule has 3 aromatic heterocycles. The largest absolute Gasteiger partial charge is 0.378 e. The first-order valence-electron chi connectivity index (χ1n) is 10.4. The van der Waals surface area contributed by atoms with E-state index in [1.54, 1.807) is 6.20 Å². The van der Waals surface area contributed by atoms with Gasteiger partial charge in [-0.2, -0.15) is 0 Å². The number of carbonyl (C=O) groups excluding carboxylic acids is 1. The highest BCUT2D eigenvalue weighted by molar-refractivity contribution is 5.94. The maximum Gasteiger partial charge on any atom is 0.272 e. The molecule has 4 heterocycles. The number of imidazole rings is 1. The Balaban J connectivity index is 1.73. The predicted octanol–water partition coefficient (Wildman–Crippen LogP) is 3.21. The fourth-order valence-corrected chi connectivity index (χ4v) is 3.59. The van der Waals surface area contributed by atoms with Gasteiger partial charge in [-0.1, -0.05) is 6.07 Å². The minimum atomic E-state index is -0.339. The number of rotatable bonds is 4. The summed E-state index contributed by atoms with van der Waals surface area (Å²) in [5.74, 6) is 0.361. The van der Waals surface area contributed by atoms with Crippen LogP contribution in [-0.2, 0) is 4.74 Å². The van der Waals surface area contributed by atoms with Crippen LogP contribution >= 0.6 is 0 Å². The summed E-state index contributed by atoms with van der Waals surface area (Å²) >= 11 is 0. The molecule has 1 aliphatic rings. The first-order chi connectivity index (χ1) is 14.8. The zero-order valence-electron chi connectivity index (χ0n) is 18.4. The van der Waals surface area contributed by atoms with Gasteiger partial charge in [-0.25, -0.2) is 4.98 Å².